The van der Waals surface area contributed by atoms with Gasteiger partial charge in [-0.05, 0) is 152 Å². The summed E-state index contributed by atoms with van der Waals surface area (Å²) >= 11 is 0. The van der Waals surface area contributed by atoms with Crippen molar-refractivity contribution >= 4 is 75.5 Å². The molecule has 436 valence electrons. The first-order chi connectivity index (χ1) is 46.6. The Bertz CT molecular complexity index is 5800. The average molecular weight is 1190 g/mol. The number of hydrogen-bond acceptors (Lipinski definition) is 4. The van der Waals surface area contributed by atoms with E-state index in [1.54, 1.807) is 0 Å². The summed E-state index contributed by atoms with van der Waals surface area (Å²) in [6.45, 7) is 0. The average Bonchev–Trinajstić information content (AvgIpc) is 0.743. The van der Waals surface area contributed by atoms with Gasteiger partial charge in [-0.2, -0.15) is 0 Å². The molecule has 3 aromatic heterocycles. The van der Waals surface area contributed by atoms with Gasteiger partial charge in [0.2, 0.25) is 0 Å². The van der Waals surface area contributed by atoms with Gasteiger partial charge in [-0.1, -0.05) is 291 Å². The molecule has 4 heteroatoms. The number of aromatic nitrogens is 4. The highest BCUT2D eigenvalue weighted by Crippen LogP contribution is 2.45. The monoisotopic (exact) mass is 1190 g/mol. The van der Waals surface area contributed by atoms with Crippen molar-refractivity contribution in [2.24, 2.45) is 0 Å². The lowest BCUT2D eigenvalue weighted by atomic mass is 9.88. The molecule has 0 unspecified atom stereocenters. The van der Waals surface area contributed by atoms with Crippen molar-refractivity contribution in [3.05, 3.63) is 340 Å². The Labute approximate surface area is 544 Å². The Hall–Kier alpha value is -12.5. The molecule has 18 rings (SSSR count). The van der Waals surface area contributed by atoms with Crippen LogP contribution in [0.2, 0.25) is 0 Å². The van der Waals surface area contributed by atoms with E-state index in [1.807, 2.05) is 6.07 Å². The van der Waals surface area contributed by atoms with Gasteiger partial charge in [0.05, 0.1) is 34.0 Å². The molecular formula is C90H56N4. The van der Waals surface area contributed by atoms with Crippen LogP contribution in [-0.2, 0) is 0 Å². The molecule has 4 nitrogen and oxygen atoms in total. The van der Waals surface area contributed by atoms with Crippen molar-refractivity contribution in [3.63, 3.8) is 0 Å². The van der Waals surface area contributed by atoms with Gasteiger partial charge in [0.1, 0.15) is 0 Å². The van der Waals surface area contributed by atoms with Crippen molar-refractivity contribution in [1.82, 2.24) is 19.9 Å². The van der Waals surface area contributed by atoms with Crippen molar-refractivity contribution in [2.45, 2.75) is 0 Å². The van der Waals surface area contributed by atoms with Crippen molar-refractivity contribution in [2.75, 3.05) is 0 Å². The minimum Gasteiger partial charge on any atom is -0.248 e. The molecule has 0 saturated carbocycles. The Morgan fingerprint density at radius 2 is 0.436 bits per heavy atom. The van der Waals surface area contributed by atoms with E-state index in [9.17, 15) is 0 Å². The summed E-state index contributed by atoms with van der Waals surface area (Å²) in [6, 6.07) is 122. The molecule has 0 amide bonds. The van der Waals surface area contributed by atoms with Crippen LogP contribution < -0.4 is 0 Å². The maximum atomic E-state index is 5.78. The first-order valence-corrected chi connectivity index (χ1v) is 32.1. The van der Waals surface area contributed by atoms with Gasteiger partial charge in [0, 0.05) is 44.3 Å². The van der Waals surface area contributed by atoms with Crippen molar-refractivity contribution in [3.8, 4) is 112 Å². The predicted molar refractivity (Wildman–Crippen MR) is 395 cm³/mol. The van der Waals surface area contributed by atoms with Crippen LogP contribution in [0.5, 0.6) is 0 Å². The summed E-state index contributed by atoms with van der Waals surface area (Å²) in [5, 5.41) is 15.7. The first-order valence-electron chi connectivity index (χ1n) is 32.1. The zero-order valence-corrected chi connectivity index (χ0v) is 51.1. The highest BCUT2D eigenvalue weighted by atomic mass is 14.9. The molecular weight excluding hydrogens is 1140 g/mol. The van der Waals surface area contributed by atoms with Crippen LogP contribution in [0.3, 0.4) is 0 Å². The van der Waals surface area contributed by atoms with E-state index in [1.165, 1.54) is 64.6 Å². The third kappa shape index (κ3) is 9.63. The second-order valence-electron chi connectivity index (χ2n) is 24.4. The fourth-order valence-electron chi connectivity index (χ4n) is 14.2. The quantitative estimate of drug-likeness (QED) is 0.128. The van der Waals surface area contributed by atoms with E-state index >= 15 is 0 Å². The standard InChI is InChI=1S/C90H56N4/c1-5-21-57(22-6-1)68-53-84(59-23-7-2-8-24-59)92-87(54-68)62-39-43-64(44-40-62)90-93-88(63-41-37-58(38-42-63)69-55-85(60-25-9-3-10-26-60)91-86(56-69)61-27-11-4-12-28-61)83-52-67(65-45-47-78-74-33-15-13-29-70(74)72-31-17-19-35-76(72)81(78)49-65)51-80(89(83)94-90)66-46-48-79-75-34-16-14-30-71(75)73-32-18-20-36-77(73)82(79)50-66/h1-56H. The fourth-order valence-corrected chi connectivity index (χ4v) is 14.2. The zero-order valence-electron chi connectivity index (χ0n) is 51.1. The number of hydrogen-bond donors (Lipinski definition) is 0. The van der Waals surface area contributed by atoms with Crippen LogP contribution in [0.1, 0.15) is 0 Å². The van der Waals surface area contributed by atoms with Gasteiger partial charge in [0.15, 0.2) is 5.82 Å². The molecule has 0 fully saturated rings. The summed E-state index contributed by atoms with van der Waals surface area (Å²) in [4.78, 5) is 22.1. The van der Waals surface area contributed by atoms with Crippen LogP contribution in [-0.4, -0.2) is 19.9 Å². The Balaban J connectivity index is 0.871. The largest absolute Gasteiger partial charge is 0.248 e. The van der Waals surface area contributed by atoms with Crippen molar-refractivity contribution < 1.29 is 0 Å². The topological polar surface area (TPSA) is 51.6 Å². The second kappa shape index (κ2) is 22.8. The molecule has 0 saturated heterocycles. The van der Waals surface area contributed by atoms with E-state index < -0.39 is 0 Å². The Kier molecular flexibility index (Phi) is 13.2. The van der Waals surface area contributed by atoms with E-state index in [0.29, 0.717) is 5.82 Å². The molecule has 0 aliphatic rings. The van der Waals surface area contributed by atoms with E-state index in [2.05, 4.69) is 334 Å². The summed E-state index contributed by atoms with van der Waals surface area (Å²) in [5.74, 6) is 0.624. The molecule has 18 aromatic rings. The van der Waals surface area contributed by atoms with E-state index in [-0.39, 0.29) is 0 Å². The normalized spacial score (nSPS) is 11.6. The van der Waals surface area contributed by atoms with Gasteiger partial charge < -0.3 is 0 Å². The van der Waals surface area contributed by atoms with Crippen LogP contribution >= 0.6 is 0 Å². The minimum absolute atomic E-state index is 0.624. The summed E-state index contributed by atoms with van der Waals surface area (Å²) in [7, 11) is 0. The van der Waals surface area contributed by atoms with Gasteiger partial charge in [-0.25, -0.2) is 19.9 Å². The molecule has 0 aliphatic carbocycles. The molecule has 0 bridgehead atoms. The van der Waals surface area contributed by atoms with Crippen LogP contribution in [0, 0.1) is 0 Å². The fraction of sp³-hybridized carbons (Fsp3) is 0. The molecule has 0 radical (unpaired) electrons. The number of pyridine rings is 2. The maximum Gasteiger partial charge on any atom is 0.160 e. The summed E-state index contributed by atoms with van der Waals surface area (Å²) < 4.78 is 0. The number of nitrogens with zero attached hydrogens (tertiary/aromatic N) is 4. The smallest absolute Gasteiger partial charge is 0.160 e. The molecule has 3 heterocycles. The highest BCUT2D eigenvalue weighted by molar-refractivity contribution is 6.27. The predicted octanol–water partition coefficient (Wildman–Crippen LogP) is 24.0. The molecule has 0 N–H and O–H groups in total. The van der Waals surface area contributed by atoms with Gasteiger partial charge >= 0.3 is 0 Å². The zero-order chi connectivity index (χ0) is 62.1. The number of benzene rings is 15. The highest BCUT2D eigenvalue weighted by Gasteiger charge is 2.22. The van der Waals surface area contributed by atoms with Gasteiger partial charge in [-0.3, -0.25) is 0 Å². The third-order valence-electron chi connectivity index (χ3n) is 18.8. The molecule has 0 spiro atoms. The molecule has 15 aromatic carbocycles. The van der Waals surface area contributed by atoms with E-state index in [4.69, 9.17) is 19.9 Å². The second-order valence-corrected chi connectivity index (χ2v) is 24.4. The number of fused-ring (bicyclic) bond motifs is 13. The van der Waals surface area contributed by atoms with E-state index in [0.717, 1.165) is 117 Å². The SMILES string of the molecule is c1ccc(-c2cc(-c3ccccc3)nc(-c3ccc(-c4nc(-c5ccc(-c6cc(-c7ccccc7)nc(-c7ccccc7)c6)cc5)c5cc(-c6ccc7c8ccccc8c8ccccc8c7c6)cc(-c6ccc7c8ccccc8c8ccccc8c7c6)c5n4)cc3)c2)cc1. The molecule has 0 aliphatic heterocycles. The van der Waals surface area contributed by atoms with Crippen LogP contribution in [0.25, 0.3) is 188 Å². The minimum atomic E-state index is 0.624. The summed E-state index contributed by atoms with van der Waals surface area (Å²) in [5.41, 5.74) is 20.0. The van der Waals surface area contributed by atoms with Crippen molar-refractivity contribution in [1.29, 1.82) is 0 Å². The maximum absolute atomic E-state index is 5.78. The third-order valence-corrected chi connectivity index (χ3v) is 18.8. The van der Waals surface area contributed by atoms with Crippen LogP contribution in [0.15, 0.2) is 340 Å². The lowest BCUT2D eigenvalue weighted by Gasteiger charge is -2.17. The number of rotatable bonds is 10. The molecule has 0 atom stereocenters. The lowest BCUT2D eigenvalue weighted by molar-refractivity contribution is 1.23. The summed E-state index contributed by atoms with van der Waals surface area (Å²) in [6.07, 6.45) is 0. The first kappa shape index (κ1) is 54.4. The Morgan fingerprint density at radius 3 is 0.872 bits per heavy atom. The Morgan fingerprint density at radius 1 is 0.149 bits per heavy atom. The van der Waals surface area contributed by atoms with Gasteiger partial charge in [-0.15, -0.1) is 0 Å². The van der Waals surface area contributed by atoms with Gasteiger partial charge in [0.25, 0.3) is 0 Å². The van der Waals surface area contributed by atoms with Crippen LogP contribution in [0.4, 0.5) is 0 Å². The lowest BCUT2D eigenvalue weighted by Crippen LogP contribution is -1.98. The molecule has 94 heavy (non-hydrogen) atoms.